The summed E-state index contributed by atoms with van der Waals surface area (Å²) in [5.41, 5.74) is 2.20. The van der Waals surface area contributed by atoms with Gasteiger partial charge in [-0.2, -0.15) is 13.2 Å². The first kappa shape index (κ1) is 30.6. The van der Waals surface area contributed by atoms with E-state index in [-0.39, 0.29) is 24.6 Å². The normalized spacial score (nSPS) is 11.5. The molecule has 1 N–H and O–H groups in total. The fraction of sp³-hybridized carbons (Fsp3) is 0.312. The summed E-state index contributed by atoms with van der Waals surface area (Å²) in [6.07, 6.45) is -1.53. The van der Waals surface area contributed by atoms with Gasteiger partial charge in [0.15, 0.2) is 0 Å². The zero-order valence-corrected chi connectivity index (χ0v) is 23.6. The number of hydrogen-bond acceptors (Lipinski definition) is 4. The SMILES string of the molecule is COCCCN(CC(=O)N(CCc1c[nH]c2ccccc12)Cc1ccc(OC)cc1)C(=O)c1ccc(C(F)(F)F)cc1. The maximum Gasteiger partial charge on any atom is 0.416 e. The summed E-state index contributed by atoms with van der Waals surface area (Å²) < 4.78 is 49.6. The van der Waals surface area contributed by atoms with Crippen molar-refractivity contribution < 1.29 is 32.2 Å². The lowest BCUT2D eigenvalue weighted by Gasteiger charge is -2.28. The molecular formula is C32H34F3N3O4. The maximum absolute atomic E-state index is 13.8. The van der Waals surface area contributed by atoms with Crippen LogP contribution in [0.5, 0.6) is 5.75 Å². The van der Waals surface area contributed by atoms with E-state index in [0.29, 0.717) is 38.3 Å². The molecular weight excluding hydrogens is 547 g/mol. The summed E-state index contributed by atoms with van der Waals surface area (Å²) in [5, 5.41) is 1.08. The molecule has 0 saturated carbocycles. The van der Waals surface area contributed by atoms with Crippen molar-refractivity contribution in [3.8, 4) is 5.75 Å². The van der Waals surface area contributed by atoms with E-state index in [2.05, 4.69) is 4.98 Å². The monoisotopic (exact) mass is 581 g/mol. The Balaban J connectivity index is 1.55. The summed E-state index contributed by atoms with van der Waals surface area (Å²) in [6.45, 7) is 1.05. The molecule has 4 aromatic rings. The summed E-state index contributed by atoms with van der Waals surface area (Å²) in [6, 6.07) is 19.4. The number of methoxy groups -OCH3 is 2. The van der Waals surface area contributed by atoms with Gasteiger partial charge in [-0.1, -0.05) is 30.3 Å². The Labute approximate surface area is 242 Å². The second kappa shape index (κ2) is 14.0. The van der Waals surface area contributed by atoms with Gasteiger partial charge in [0.25, 0.3) is 5.91 Å². The van der Waals surface area contributed by atoms with E-state index in [1.54, 1.807) is 12.0 Å². The highest BCUT2D eigenvalue weighted by molar-refractivity contribution is 5.96. The first-order valence-electron chi connectivity index (χ1n) is 13.6. The molecule has 1 aromatic heterocycles. The predicted octanol–water partition coefficient (Wildman–Crippen LogP) is 5.95. The van der Waals surface area contributed by atoms with Crippen molar-refractivity contribution in [2.45, 2.75) is 25.6 Å². The molecule has 42 heavy (non-hydrogen) atoms. The molecule has 10 heteroatoms. The maximum atomic E-state index is 13.8. The van der Waals surface area contributed by atoms with E-state index in [9.17, 15) is 22.8 Å². The molecule has 0 aliphatic heterocycles. The van der Waals surface area contributed by atoms with Crippen LogP contribution in [-0.4, -0.2) is 67.1 Å². The number of ether oxygens (including phenoxy) is 2. The third-order valence-electron chi connectivity index (χ3n) is 7.06. The number of alkyl halides is 3. The molecule has 0 radical (unpaired) electrons. The Morgan fingerprint density at radius 3 is 2.26 bits per heavy atom. The fourth-order valence-electron chi connectivity index (χ4n) is 4.74. The molecule has 0 aliphatic carbocycles. The fourth-order valence-corrected chi connectivity index (χ4v) is 4.74. The van der Waals surface area contributed by atoms with Crippen LogP contribution in [0.15, 0.2) is 79.0 Å². The number of carbonyl (C=O) groups excluding carboxylic acids is 2. The molecule has 1 heterocycles. The Hall–Kier alpha value is -4.31. The minimum atomic E-state index is -4.51. The van der Waals surface area contributed by atoms with Gasteiger partial charge in [-0.15, -0.1) is 0 Å². The number of para-hydroxylation sites is 1. The van der Waals surface area contributed by atoms with Gasteiger partial charge in [0.2, 0.25) is 5.91 Å². The van der Waals surface area contributed by atoms with E-state index in [0.717, 1.165) is 46.3 Å². The van der Waals surface area contributed by atoms with Gasteiger partial charge in [0.1, 0.15) is 12.3 Å². The van der Waals surface area contributed by atoms with Crippen LogP contribution in [0.2, 0.25) is 0 Å². The van der Waals surface area contributed by atoms with Gasteiger partial charge in [-0.3, -0.25) is 9.59 Å². The second-order valence-electron chi connectivity index (χ2n) is 9.92. The van der Waals surface area contributed by atoms with E-state index in [1.807, 2.05) is 54.7 Å². The van der Waals surface area contributed by atoms with Crippen molar-refractivity contribution in [2.75, 3.05) is 40.5 Å². The van der Waals surface area contributed by atoms with Crippen molar-refractivity contribution in [1.29, 1.82) is 0 Å². The number of fused-ring (bicyclic) bond motifs is 1. The largest absolute Gasteiger partial charge is 0.497 e. The number of halogens is 3. The predicted molar refractivity (Wildman–Crippen MR) is 154 cm³/mol. The number of amides is 2. The van der Waals surface area contributed by atoms with E-state index in [4.69, 9.17) is 9.47 Å². The molecule has 4 rings (SSSR count). The third-order valence-corrected chi connectivity index (χ3v) is 7.06. The number of rotatable bonds is 13. The second-order valence-corrected chi connectivity index (χ2v) is 9.92. The van der Waals surface area contributed by atoms with Gasteiger partial charge < -0.3 is 24.3 Å². The number of nitrogens with zero attached hydrogens (tertiary/aromatic N) is 2. The van der Waals surface area contributed by atoms with Crippen LogP contribution in [0.3, 0.4) is 0 Å². The zero-order chi connectivity index (χ0) is 30.1. The number of aromatic nitrogens is 1. The summed E-state index contributed by atoms with van der Waals surface area (Å²) in [7, 11) is 3.12. The van der Waals surface area contributed by atoms with E-state index >= 15 is 0 Å². The number of nitrogens with one attached hydrogen (secondary N) is 1. The van der Waals surface area contributed by atoms with Crippen LogP contribution in [0, 0.1) is 0 Å². The lowest BCUT2D eigenvalue weighted by Crippen LogP contribution is -2.44. The molecule has 222 valence electrons. The Morgan fingerprint density at radius 2 is 1.60 bits per heavy atom. The number of carbonyl (C=O) groups is 2. The first-order valence-corrected chi connectivity index (χ1v) is 13.6. The molecule has 2 amide bonds. The van der Waals surface area contributed by atoms with Crippen molar-refractivity contribution in [3.63, 3.8) is 0 Å². The van der Waals surface area contributed by atoms with Gasteiger partial charge in [-0.25, -0.2) is 0 Å². The van der Waals surface area contributed by atoms with Crippen LogP contribution in [0.1, 0.15) is 33.5 Å². The van der Waals surface area contributed by atoms with E-state index < -0.39 is 17.6 Å². The highest BCUT2D eigenvalue weighted by Crippen LogP contribution is 2.29. The lowest BCUT2D eigenvalue weighted by atomic mass is 10.1. The van der Waals surface area contributed by atoms with E-state index in [1.165, 1.54) is 12.0 Å². The van der Waals surface area contributed by atoms with Gasteiger partial charge >= 0.3 is 6.18 Å². The van der Waals surface area contributed by atoms with Crippen LogP contribution in [-0.2, 0) is 28.7 Å². The summed E-state index contributed by atoms with van der Waals surface area (Å²) >= 11 is 0. The Bertz CT molecular complexity index is 1470. The average Bonchev–Trinajstić information content (AvgIpc) is 3.41. The third kappa shape index (κ3) is 7.91. The lowest BCUT2D eigenvalue weighted by molar-refractivity contribution is -0.137. The molecule has 0 bridgehead atoms. The summed E-state index contributed by atoms with van der Waals surface area (Å²) in [5.74, 6) is -0.0978. The minimum absolute atomic E-state index is 0.0775. The standard InChI is InChI=1S/C32H34F3N3O4/c1-41-19-5-17-38(31(40)24-10-12-26(13-11-24)32(33,34)35)22-30(39)37(21-23-8-14-27(42-2)15-9-23)18-16-25-20-36-29-7-4-3-6-28(25)29/h3-4,6-15,20,36H,5,16-19,21-22H2,1-2H3. The van der Waals surface area contributed by atoms with Crippen molar-refractivity contribution in [2.24, 2.45) is 0 Å². The minimum Gasteiger partial charge on any atom is -0.497 e. The molecule has 0 atom stereocenters. The van der Waals surface area contributed by atoms with Crippen LogP contribution >= 0.6 is 0 Å². The smallest absolute Gasteiger partial charge is 0.416 e. The first-order chi connectivity index (χ1) is 20.2. The van der Waals surface area contributed by atoms with Crippen molar-refractivity contribution in [3.05, 3.63) is 101 Å². The van der Waals surface area contributed by atoms with Crippen LogP contribution in [0.25, 0.3) is 10.9 Å². The highest BCUT2D eigenvalue weighted by atomic mass is 19.4. The van der Waals surface area contributed by atoms with Crippen LogP contribution < -0.4 is 4.74 Å². The van der Waals surface area contributed by atoms with Crippen molar-refractivity contribution in [1.82, 2.24) is 14.8 Å². The van der Waals surface area contributed by atoms with Gasteiger partial charge in [0.05, 0.1) is 12.7 Å². The quantitative estimate of drug-likeness (QED) is 0.198. The number of hydrogen-bond donors (Lipinski definition) is 1. The van der Waals surface area contributed by atoms with Gasteiger partial charge in [-0.05, 0) is 66.4 Å². The highest BCUT2D eigenvalue weighted by Gasteiger charge is 2.31. The average molecular weight is 582 g/mol. The molecule has 0 unspecified atom stereocenters. The summed E-state index contributed by atoms with van der Waals surface area (Å²) in [4.78, 5) is 33.5. The van der Waals surface area contributed by atoms with Crippen molar-refractivity contribution >= 4 is 22.7 Å². The van der Waals surface area contributed by atoms with Crippen LogP contribution in [0.4, 0.5) is 13.2 Å². The molecule has 0 spiro atoms. The Kier molecular flexibility index (Phi) is 10.2. The number of benzene rings is 3. The molecule has 3 aromatic carbocycles. The molecule has 0 fully saturated rings. The Morgan fingerprint density at radius 1 is 0.881 bits per heavy atom. The number of H-pyrrole nitrogens is 1. The molecule has 0 aliphatic rings. The van der Waals surface area contributed by atoms with Gasteiger partial charge in [0, 0.05) is 56.0 Å². The zero-order valence-electron chi connectivity index (χ0n) is 23.6. The molecule has 7 nitrogen and oxygen atoms in total. The molecule has 0 saturated heterocycles. The number of aromatic amines is 1. The topological polar surface area (TPSA) is 74.9 Å².